The first-order valence-electron chi connectivity index (χ1n) is 9.97. The van der Waals surface area contributed by atoms with Gasteiger partial charge in [-0.1, -0.05) is 69.5 Å². The monoisotopic (exact) mass is 524 g/mol. The van der Waals surface area contributed by atoms with Crippen molar-refractivity contribution in [2.24, 2.45) is 0 Å². The normalized spacial score (nSPS) is 18.8. The lowest BCUT2D eigenvalue weighted by molar-refractivity contribution is 0.223. The molecule has 1 N–H and O–H groups in total. The molecule has 0 radical (unpaired) electrons. The highest BCUT2D eigenvalue weighted by Crippen LogP contribution is 2.51. The van der Waals surface area contributed by atoms with Gasteiger partial charge in [-0.25, -0.2) is 4.68 Å². The van der Waals surface area contributed by atoms with Crippen LogP contribution in [0.5, 0.6) is 5.75 Å². The van der Waals surface area contributed by atoms with Crippen LogP contribution in [0.25, 0.3) is 5.70 Å². The van der Waals surface area contributed by atoms with Gasteiger partial charge >= 0.3 is 0 Å². The summed E-state index contributed by atoms with van der Waals surface area (Å²) in [6, 6.07) is 21.4. The van der Waals surface area contributed by atoms with Crippen LogP contribution < -0.4 is 10.1 Å². The highest BCUT2D eigenvalue weighted by Gasteiger charge is 2.41. The van der Waals surface area contributed by atoms with Gasteiger partial charge in [0.25, 0.3) is 0 Å². The highest BCUT2D eigenvalue weighted by atomic mass is 79.9. The van der Waals surface area contributed by atoms with Crippen molar-refractivity contribution < 1.29 is 4.74 Å². The molecule has 2 aliphatic heterocycles. The first-order valence-corrected chi connectivity index (χ1v) is 11.5. The summed E-state index contributed by atoms with van der Waals surface area (Å²) in [7, 11) is 0. The molecular formula is C24H15BrCl2N4O. The van der Waals surface area contributed by atoms with E-state index in [0.29, 0.717) is 16.0 Å². The molecule has 0 unspecified atom stereocenters. The van der Waals surface area contributed by atoms with Crippen LogP contribution in [0.4, 0.5) is 5.95 Å². The molecule has 8 heteroatoms. The Balaban J connectivity index is 1.64. The van der Waals surface area contributed by atoms with Gasteiger partial charge in [0.15, 0.2) is 0 Å². The van der Waals surface area contributed by atoms with E-state index in [4.69, 9.17) is 27.9 Å². The molecule has 5 nitrogen and oxygen atoms in total. The largest absolute Gasteiger partial charge is 0.480 e. The minimum atomic E-state index is -0.352. The number of para-hydroxylation sites is 1. The second-order valence-corrected chi connectivity index (χ2v) is 9.36. The van der Waals surface area contributed by atoms with Crippen LogP contribution in [-0.4, -0.2) is 14.8 Å². The molecule has 4 aromatic rings. The molecular weight excluding hydrogens is 511 g/mol. The Bertz CT molecular complexity index is 1380. The van der Waals surface area contributed by atoms with Crippen molar-refractivity contribution in [1.29, 1.82) is 0 Å². The third-order valence-corrected chi connectivity index (χ3v) is 6.84. The van der Waals surface area contributed by atoms with Crippen LogP contribution >= 0.6 is 39.1 Å². The predicted octanol–water partition coefficient (Wildman–Crippen LogP) is 6.91. The Hall–Kier alpha value is -2.80. The lowest BCUT2D eigenvalue weighted by Crippen LogP contribution is -2.32. The number of nitrogens with zero attached hydrogens (tertiary/aromatic N) is 3. The first kappa shape index (κ1) is 19.9. The summed E-state index contributed by atoms with van der Waals surface area (Å²) >= 11 is 16.4. The predicted molar refractivity (Wildman–Crippen MR) is 129 cm³/mol. The van der Waals surface area contributed by atoms with E-state index in [9.17, 15) is 0 Å². The summed E-state index contributed by atoms with van der Waals surface area (Å²) in [5.41, 5.74) is 4.84. The van der Waals surface area contributed by atoms with E-state index >= 15 is 0 Å². The molecule has 2 atom stereocenters. The van der Waals surface area contributed by atoms with Gasteiger partial charge in [0.05, 0.1) is 5.70 Å². The van der Waals surface area contributed by atoms with E-state index in [0.717, 1.165) is 38.2 Å². The molecule has 0 aliphatic carbocycles. The minimum absolute atomic E-state index is 0.324. The molecule has 0 saturated heterocycles. The van der Waals surface area contributed by atoms with Crippen LogP contribution in [0.1, 0.15) is 28.8 Å². The van der Waals surface area contributed by atoms with Crippen molar-refractivity contribution in [3.8, 4) is 5.75 Å². The Morgan fingerprint density at radius 3 is 2.62 bits per heavy atom. The van der Waals surface area contributed by atoms with Gasteiger partial charge in [-0.05, 0) is 47.5 Å². The summed E-state index contributed by atoms with van der Waals surface area (Å²) in [6.07, 6.45) is 1.19. The summed E-state index contributed by atoms with van der Waals surface area (Å²) < 4.78 is 9.44. The number of rotatable bonds is 2. The zero-order valence-corrected chi connectivity index (χ0v) is 19.6. The molecule has 3 aromatic carbocycles. The van der Waals surface area contributed by atoms with Crippen LogP contribution in [-0.2, 0) is 0 Å². The number of benzene rings is 3. The van der Waals surface area contributed by atoms with E-state index in [2.05, 4.69) is 43.5 Å². The molecule has 0 amide bonds. The molecule has 2 aliphatic rings. The minimum Gasteiger partial charge on any atom is -0.480 e. The highest BCUT2D eigenvalue weighted by molar-refractivity contribution is 9.10. The maximum atomic E-state index is 6.71. The fraction of sp³-hybridized carbons (Fsp3) is 0.0833. The van der Waals surface area contributed by atoms with Crippen LogP contribution in [0.2, 0.25) is 10.0 Å². The molecule has 6 rings (SSSR count). The van der Waals surface area contributed by atoms with Gasteiger partial charge in [-0.3, -0.25) is 0 Å². The molecule has 0 fully saturated rings. The molecule has 3 heterocycles. The second kappa shape index (κ2) is 7.66. The topological polar surface area (TPSA) is 52.0 Å². The van der Waals surface area contributed by atoms with Gasteiger partial charge in [0.2, 0.25) is 5.95 Å². The SMILES string of the molecule is Clc1ccc([C@@H]2C3=C(Nc4ncnn42)c2ccccc2O[C@@H]3c2ccc(Br)cc2)c(Cl)c1. The summed E-state index contributed by atoms with van der Waals surface area (Å²) in [4.78, 5) is 4.44. The lowest BCUT2D eigenvalue weighted by Gasteiger charge is -2.39. The van der Waals surface area contributed by atoms with Crippen molar-refractivity contribution in [2.45, 2.75) is 12.1 Å². The Labute approximate surface area is 202 Å². The zero-order chi connectivity index (χ0) is 21.8. The number of anilines is 1. The first-order chi connectivity index (χ1) is 15.6. The van der Waals surface area contributed by atoms with Crippen molar-refractivity contribution in [3.05, 3.63) is 110 Å². The Morgan fingerprint density at radius 2 is 1.81 bits per heavy atom. The van der Waals surface area contributed by atoms with E-state index in [-0.39, 0.29) is 12.1 Å². The van der Waals surface area contributed by atoms with Crippen LogP contribution in [0.15, 0.2) is 83.1 Å². The number of hydrogen-bond acceptors (Lipinski definition) is 4. The van der Waals surface area contributed by atoms with Crippen molar-refractivity contribution in [1.82, 2.24) is 14.8 Å². The summed E-state index contributed by atoms with van der Waals surface area (Å²) in [6.45, 7) is 0. The standard InChI is InChI=1S/C24H15BrCl2N4O/c25-14-7-5-13(6-8-14)23-20-21(17-3-1-2-4-19(17)32-23)30-24-28-12-29-31(24)22(20)16-10-9-15(26)11-18(16)27/h1-12,22-23H,(H,28,29,30)/t22-,23-/m1/s1. The molecule has 0 bridgehead atoms. The summed E-state index contributed by atoms with van der Waals surface area (Å²) in [5, 5.41) is 9.15. The molecule has 0 saturated carbocycles. The third-order valence-electron chi connectivity index (χ3n) is 5.75. The van der Waals surface area contributed by atoms with Gasteiger partial charge in [-0.2, -0.15) is 10.1 Å². The lowest BCUT2D eigenvalue weighted by atomic mass is 9.84. The number of hydrogen-bond donors (Lipinski definition) is 1. The van der Waals surface area contributed by atoms with Crippen molar-refractivity contribution >= 4 is 50.8 Å². The number of fused-ring (bicyclic) bond motifs is 3. The molecule has 0 spiro atoms. The zero-order valence-electron chi connectivity index (χ0n) is 16.5. The average Bonchev–Trinajstić information content (AvgIpc) is 3.27. The van der Waals surface area contributed by atoms with Gasteiger partial charge < -0.3 is 10.1 Å². The Kier molecular flexibility index (Phi) is 4.75. The van der Waals surface area contributed by atoms with Crippen LogP contribution in [0, 0.1) is 0 Å². The average molecular weight is 526 g/mol. The van der Waals surface area contributed by atoms with E-state index in [1.54, 1.807) is 12.4 Å². The maximum Gasteiger partial charge on any atom is 0.226 e. The van der Waals surface area contributed by atoms with Crippen molar-refractivity contribution in [3.63, 3.8) is 0 Å². The van der Waals surface area contributed by atoms with Gasteiger partial charge in [0, 0.05) is 25.7 Å². The molecule has 158 valence electrons. The van der Waals surface area contributed by atoms with E-state index < -0.39 is 0 Å². The maximum absolute atomic E-state index is 6.71. The summed E-state index contributed by atoms with van der Waals surface area (Å²) in [5.74, 6) is 1.45. The number of nitrogens with one attached hydrogen (secondary N) is 1. The second-order valence-electron chi connectivity index (χ2n) is 7.60. The Morgan fingerprint density at radius 1 is 1.00 bits per heavy atom. The van der Waals surface area contributed by atoms with Gasteiger partial charge in [-0.15, -0.1) is 0 Å². The van der Waals surface area contributed by atoms with Crippen molar-refractivity contribution in [2.75, 3.05) is 5.32 Å². The smallest absolute Gasteiger partial charge is 0.226 e. The van der Waals surface area contributed by atoms with Crippen LogP contribution in [0.3, 0.4) is 0 Å². The number of ether oxygens (including phenoxy) is 1. The quantitative estimate of drug-likeness (QED) is 0.309. The molecule has 1 aromatic heterocycles. The fourth-order valence-corrected chi connectivity index (χ4v) is 5.13. The van der Waals surface area contributed by atoms with E-state index in [1.165, 1.54) is 0 Å². The number of aromatic nitrogens is 3. The number of halogens is 3. The third kappa shape index (κ3) is 3.13. The fourth-order valence-electron chi connectivity index (χ4n) is 4.35. The molecule has 32 heavy (non-hydrogen) atoms. The van der Waals surface area contributed by atoms with E-state index in [1.807, 2.05) is 53.2 Å². The van der Waals surface area contributed by atoms with Gasteiger partial charge in [0.1, 0.15) is 24.2 Å².